The van der Waals surface area contributed by atoms with Gasteiger partial charge < -0.3 is 19.0 Å². The summed E-state index contributed by atoms with van der Waals surface area (Å²) in [5.74, 6) is 1.69. The molecule has 0 aromatic heterocycles. The summed E-state index contributed by atoms with van der Waals surface area (Å²) in [4.78, 5) is 0. The van der Waals surface area contributed by atoms with Crippen molar-refractivity contribution in [3.05, 3.63) is 24.3 Å². The van der Waals surface area contributed by atoms with Gasteiger partial charge in [-0.25, -0.2) is 0 Å². The van der Waals surface area contributed by atoms with Gasteiger partial charge in [-0.1, -0.05) is 39.8 Å². The quantitative estimate of drug-likeness (QED) is 0.793. The van der Waals surface area contributed by atoms with Crippen molar-refractivity contribution >= 4 is 14.2 Å². The minimum atomic E-state index is -0.616. The lowest BCUT2D eigenvalue weighted by atomic mass is 9.97. The summed E-state index contributed by atoms with van der Waals surface area (Å²) in [6, 6.07) is 7.66. The van der Waals surface area contributed by atoms with Gasteiger partial charge in [0.25, 0.3) is 0 Å². The molecule has 0 saturated carbocycles. The van der Waals surface area contributed by atoms with Crippen LogP contribution in [0.25, 0.3) is 0 Å². The van der Waals surface area contributed by atoms with Crippen molar-refractivity contribution in [3.8, 4) is 11.5 Å². The van der Waals surface area contributed by atoms with E-state index in [1.807, 2.05) is 58.8 Å². The van der Waals surface area contributed by atoms with Crippen molar-refractivity contribution in [2.75, 3.05) is 7.11 Å². The fraction of sp³-hybridized carbons (Fsp3) is 0.538. The van der Waals surface area contributed by atoms with Crippen LogP contribution < -0.4 is 9.31 Å². The lowest BCUT2D eigenvalue weighted by molar-refractivity contribution is 0.334. The summed E-state index contributed by atoms with van der Waals surface area (Å²) in [7, 11) is 0.706. The smallest absolute Gasteiger partial charge is 0.523 e. The lowest BCUT2D eigenvalue weighted by Gasteiger charge is -1.93. The maximum Gasteiger partial charge on any atom is 0.591 e. The molecule has 0 bridgehead atoms. The van der Waals surface area contributed by atoms with Crippen LogP contribution in [-0.2, 0) is 4.65 Å². The molecule has 1 heterocycles. The summed E-state index contributed by atoms with van der Waals surface area (Å²) in [5, 5.41) is 8.14. The number of rotatable bonds is 1. The normalized spacial score (nSPS) is 10.0. The van der Waals surface area contributed by atoms with Crippen LogP contribution in [-0.4, -0.2) is 26.4 Å². The van der Waals surface area contributed by atoms with E-state index in [1.54, 1.807) is 6.82 Å². The Morgan fingerprint density at radius 1 is 1.05 bits per heavy atom. The highest BCUT2D eigenvalue weighted by Crippen LogP contribution is 2.32. The van der Waals surface area contributed by atoms with Crippen LogP contribution >= 0.6 is 0 Å². The molecule has 0 saturated heterocycles. The maximum absolute atomic E-state index is 8.14. The summed E-state index contributed by atoms with van der Waals surface area (Å²) >= 11 is 0. The minimum absolute atomic E-state index is 0.127. The van der Waals surface area contributed by atoms with Gasteiger partial charge in [-0.3, -0.25) is 0 Å². The third kappa shape index (κ3) is 9.45. The van der Waals surface area contributed by atoms with E-state index in [0.29, 0.717) is 0 Å². The summed E-state index contributed by atoms with van der Waals surface area (Å²) < 4.78 is 14.9. The van der Waals surface area contributed by atoms with Crippen molar-refractivity contribution in [3.63, 3.8) is 0 Å². The minimum Gasteiger partial charge on any atom is -0.523 e. The molecule has 6 heteroatoms. The fourth-order valence-electron chi connectivity index (χ4n) is 1.03. The molecule has 0 atom stereocenters. The number of benzene rings is 1. The molecule has 0 unspecified atom stereocenters. The Bertz CT molecular complexity index is 283. The van der Waals surface area contributed by atoms with Gasteiger partial charge in [0.1, 0.15) is 11.5 Å². The number of hydrogen-bond donors (Lipinski definition) is 1. The van der Waals surface area contributed by atoms with Crippen LogP contribution in [0.3, 0.4) is 0 Å². The molecule has 1 aromatic rings. The van der Waals surface area contributed by atoms with Crippen molar-refractivity contribution in [1.82, 2.24) is 0 Å². The zero-order valence-corrected chi connectivity index (χ0v) is 13.1. The van der Waals surface area contributed by atoms with Crippen LogP contribution in [0, 0.1) is 0 Å². The zero-order chi connectivity index (χ0) is 15.3. The highest BCUT2D eigenvalue weighted by molar-refractivity contribution is 6.45. The molecular formula is C13H26B2O4. The van der Waals surface area contributed by atoms with Gasteiger partial charge in [-0.05, 0) is 25.8 Å². The van der Waals surface area contributed by atoms with Gasteiger partial charge in [0, 0.05) is 7.11 Å². The first-order valence-corrected chi connectivity index (χ1v) is 6.76. The van der Waals surface area contributed by atoms with E-state index >= 15 is 0 Å². The standard InChI is InChI=1S/C7H7BO2.C2H7BO2.2C2H6/c1-8-9-6-4-2-3-5-7(6)10-8;1-3(4)5-2;2*1-2/h2-5H,1H3;4H,1-2H3;2*1-2H3. The van der Waals surface area contributed by atoms with Gasteiger partial charge in [0.05, 0.1) is 0 Å². The van der Waals surface area contributed by atoms with Gasteiger partial charge >= 0.3 is 14.2 Å². The highest BCUT2D eigenvalue weighted by Gasteiger charge is 2.24. The van der Waals surface area contributed by atoms with Crippen LogP contribution in [0.4, 0.5) is 0 Å². The van der Waals surface area contributed by atoms with Crippen molar-refractivity contribution < 1.29 is 19.0 Å². The molecule has 1 N–H and O–H groups in total. The van der Waals surface area contributed by atoms with E-state index in [0.717, 1.165) is 11.5 Å². The predicted octanol–water partition coefficient (Wildman–Crippen LogP) is 3.37. The third-order valence-electron chi connectivity index (χ3n) is 1.78. The average Bonchev–Trinajstić information content (AvgIpc) is 2.84. The number of para-hydroxylation sites is 2. The average molecular weight is 268 g/mol. The first kappa shape index (κ1) is 20.2. The number of fused-ring (bicyclic) bond motifs is 1. The first-order chi connectivity index (χ1) is 9.13. The molecule has 0 aliphatic carbocycles. The summed E-state index contributed by atoms with van der Waals surface area (Å²) in [6.45, 7) is 11.4. The van der Waals surface area contributed by atoms with Crippen molar-refractivity contribution in [2.24, 2.45) is 0 Å². The Kier molecular flexibility index (Phi) is 14.1. The zero-order valence-electron chi connectivity index (χ0n) is 13.1. The van der Waals surface area contributed by atoms with Crippen LogP contribution in [0.5, 0.6) is 11.5 Å². The van der Waals surface area contributed by atoms with Crippen molar-refractivity contribution in [1.29, 1.82) is 0 Å². The van der Waals surface area contributed by atoms with E-state index in [9.17, 15) is 0 Å². The predicted molar refractivity (Wildman–Crippen MR) is 82.9 cm³/mol. The molecular weight excluding hydrogens is 242 g/mol. The van der Waals surface area contributed by atoms with Crippen LogP contribution in [0.1, 0.15) is 27.7 Å². The Morgan fingerprint density at radius 3 is 1.63 bits per heavy atom. The van der Waals surface area contributed by atoms with E-state index in [2.05, 4.69) is 4.65 Å². The van der Waals surface area contributed by atoms with E-state index < -0.39 is 7.12 Å². The largest absolute Gasteiger partial charge is 0.591 e. The Morgan fingerprint density at radius 2 is 1.37 bits per heavy atom. The van der Waals surface area contributed by atoms with Crippen LogP contribution in [0.15, 0.2) is 24.3 Å². The first-order valence-electron chi connectivity index (χ1n) is 6.76. The molecule has 0 amide bonds. The molecule has 108 valence electrons. The van der Waals surface area contributed by atoms with Gasteiger partial charge in [0.2, 0.25) is 0 Å². The second-order valence-corrected chi connectivity index (χ2v) is 3.09. The van der Waals surface area contributed by atoms with E-state index in [-0.39, 0.29) is 7.12 Å². The Labute approximate surface area is 118 Å². The SMILES string of the molecule is CB1Oc2ccccc2O1.CC.CC.COB(C)O. The Balaban J connectivity index is 0. The second kappa shape index (κ2) is 13.3. The van der Waals surface area contributed by atoms with Crippen LogP contribution in [0.2, 0.25) is 13.6 Å². The second-order valence-electron chi connectivity index (χ2n) is 3.09. The van der Waals surface area contributed by atoms with Crippen molar-refractivity contribution in [2.45, 2.75) is 41.3 Å². The third-order valence-corrected chi connectivity index (χ3v) is 1.78. The van der Waals surface area contributed by atoms with E-state index in [4.69, 9.17) is 14.3 Å². The topological polar surface area (TPSA) is 47.9 Å². The fourth-order valence-corrected chi connectivity index (χ4v) is 1.03. The summed E-state index contributed by atoms with van der Waals surface area (Å²) in [6.07, 6.45) is 0. The van der Waals surface area contributed by atoms with E-state index in [1.165, 1.54) is 7.11 Å². The molecule has 0 fully saturated rings. The molecule has 1 aliphatic rings. The molecule has 2 rings (SSSR count). The van der Waals surface area contributed by atoms with Gasteiger partial charge in [0.15, 0.2) is 0 Å². The van der Waals surface area contributed by atoms with Gasteiger partial charge in [-0.15, -0.1) is 0 Å². The summed E-state index contributed by atoms with van der Waals surface area (Å²) in [5.41, 5.74) is 0. The monoisotopic (exact) mass is 268 g/mol. The molecule has 0 spiro atoms. The molecule has 0 radical (unpaired) electrons. The molecule has 1 aromatic carbocycles. The maximum atomic E-state index is 8.14. The Hall–Kier alpha value is -1.13. The highest BCUT2D eigenvalue weighted by atomic mass is 16.6. The number of hydrogen-bond acceptors (Lipinski definition) is 4. The molecule has 19 heavy (non-hydrogen) atoms. The van der Waals surface area contributed by atoms with Gasteiger partial charge in [-0.2, -0.15) is 0 Å². The molecule has 1 aliphatic heterocycles. The molecule has 4 nitrogen and oxygen atoms in total. The lowest BCUT2D eigenvalue weighted by Crippen LogP contribution is -2.18.